The Balaban J connectivity index is 3.51. The van der Waals surface area contributed by atoms with Crippen LogP contribution in [0.5, 0.6) is 0 Å². The van der Waals surface area contributed by atoms with Gasteiger partial charge in [0, 0.05) is 0 Å². The molecular weight excluding hydrogens is 272 g/mol. The molecule has 0 spiro atoms. The quantitative estimate of drug-likeness (QED) is 0.443. The predicted octanol–water partition coefficient (Wildman–Crippen LogP) is 1.74. The van der Waals surface area contributed by atoms with E-state index in [1.54, 1.807) is 0 Å². The molecule has 2 N–H and O–H groups in total. The Morgan fingerprint density at radius 1 is 1.11 bits per heavy atom. The van der Waals surface area contributed by atoms with Crippen molar-refractivity contribution in [2.45, 2.75) is 58.0 Å². The molecule has 112 valence electrons. The van der Waals surface area contributed by atoms with Crippen molar-refractivity contribution >= 4 is 24.3 Å². The van der Waals surface area contributed by atoms with Crippen molar-refractivity contribution in [3.63, 3.8) is 0 Å². The van der Waals surface area contributed by atoms with E-state index in [-0.39, 0.29) is 12.3 Å². The monoisotopic (exact) mass is 294 g/mol. The van der Waals surface area contributed by atoms with Crippen LogP contribution in [-0.2, 0) is 18.0 Å². The van der Waals surface area contributed by atoms with Crippen LogP contribution in [0.25, 0.3) is 0 Å². The van der Waals surface area contributed by atoms with Crippen LogP contribution >= 0.6 is 12.3 Å². The van der Waals surface area contributed by atoms with Crippen LogP contribution in [0.4, 0.5) is 0 Å². The number of carbonyl (C=O) groups excluding carboxylic acids is 2. The number of aliphatic hydroxyl groups excluding tert-OH is 2. The van der Waals surface area contributed by atoms with Crippen molar-refractivity contribution < 1.29 is 28.2 Å². The van der Waals surface area contributed by atoms with Gasteiger partial charge in [0.25, 0.3) is 12.3 Å². The van der Waals surface area contributed by atoms with Crippen LogP contribution in [0.2, 0.25) is 0 Å². The topological polar surface area (TPSA) is 93.1 Å². The van der Waals surface area contributed by atoms with Gasteiger partial charge in [-0.05, 0) is 6.42 Å². The van der Waals surface area contributed by atoms with Gasteiger partial charge in [-0.15, -0.1) is 0 Å². The fourth-order valence-electron chi connectivity index (χ4n) is 1.41. The number of hydrogen-bond donors (Lipinski definition) is 2. The first kappa shape index (κ1) is 18.2. The highest BCUT2D eigenvalue weighted by molar-refractivity contribution is 7.90. The third-order valence-corrected chi connectivity index (χ3v) is 2.96. The summed E-state index contributed by atoms with van der Waals surface area (Å²) in [5.74, 6) is -1.76. The van der Waals surface area contributed by atoms with E-state index in [1.165, 1.54) is 19.3 Å². The minimum Gasteiger partial charge on any atom is -0.385 e. The van der Waals surface area contributed by atoms with Crippen molar-refractivity contribution in [1.29, 1.82) is 0 Å². The lowest BCUT2D eigenvalue weighted by Gasteiger charge is -2.08. The Labute approximate surface area is 117 Å². The van der Waals surface area contributed by atoms with E-state index in [0.717, 1.165) is 19.3 Å². The first-order valence-electron chi connectivity index (χ1n) is 6.48. The standard InChI is InChI=1S/C12H22O6S/c1-2-3-4-5-6-7-8-10(14)12(16)18-19-17-11(15)9-13/h10,13-14H,2-9H2,1H3. The van der Waals surface area contributed by atoms with Gasteiger partial charge < -0.3 is 18.6 Å². The molecule has 0 aromatic heterocycles. The van der Waals surface area contributed by atoms with Gasteiger partial charge in [-0.25, -0.2) is 9.59 Å². The molecule has 0 saturated carbocycles. The third-order valence-electron chi connectivity index (χ3n) is 2.48. The Morgan fingerprint density at radius 3 is 2.37 bits per heavy atom. The van der Waals surface area contributed by atoms with E-state index in [4.69, 9.17) is 5.11 Å². The number of carbonyl (C=O) groups is 2. The molecule has 0 amide bonds. The Bertz CT molecular complexity index is 259. The first-order chi connectivity index (χ1) is 9.11. The largest absolute Gasteiger partial charge is 0.385 e. The van der Waals surface area contributed by atoms with Crippen LogP contribution in [0.15, 0.2) is 0 Å². The molecule has 6 nitrogen and oxygen atoms in total. The summed E-state index contributed by atoms with van der Waals surface area (Å²) < 4.78 is 8.70. The summed E-state index contributed by atoms with van der Waals surface area (Å²) in [5, 5.41) is 17.8. The lowest BCUT2D eigenvalue weighted by Crippen LogP contribution is -2.21. The molecule has 0 aromatic carbocycles. The molecule has 19 heavy (non-hydrogen) atoms. The summed E-state index contributed by atoms with van der Waals surface area (Å²) >= 11 is 0.154. The van der Waals surface area contributed by atoms with Crippen LogP contribution in [-0.4, -0.2) is 34.9 Å². The van der Waals surface area contributed by atoms with E-state index >= 15 is 0 Å². The highest BCUT2D eigenvalue weighted by Crippen LogP contribution is 2.12. The number of aliphatic hydroxyl groups is 2. The van der Waals surface area contributed by atoms with E-state index in [0.29, 0.717) is 6.42 Å². The van der Waals surface area contributed by atoms with Gasteiger partial charge >= 0.3 is 11.9 Å². The molecule has 0 rings (SSSR count). The molecule has 0 bridgehead atoms. The molecule has 1 unspecified atom stereocenters. The smallest absolute Gasteiger partial charge is 0.349 e. The van der Waals surface area contributed by atoms with Crippen molar-refractivity contribution in [3.05, 3.63) is 0 Å². The third kappa shape index (κ3) is 10.8. The second kappa shape index (κ2) is 12.3. The van der Waals surface area contributed by atoms with E-state index in [2.05, 4.69) is 15.3 Å². The van der Waals surface area contributed by atoms with Gasteiger partial charge in [-0.2, -0.15) is 0 Å². The maximum Gasteiger partial charge on any atom is 0.349 e. The Morgan fingerprint density at radius 2 is 1.74 bits per heavy atom. The Kier molecular flexibility index (Phi) is 11.7. The van der Waals surface area contributed by atoms with Crippen LogP contribution in [0.3, 0.4) is 0 Å². The fraction of sp³-hybridized carbons (Fsp3) is 0.833. The Hall–Kier alpha value is -0.790. The van der Waals surface area contributed by atoms with Crippen LogP contribution in [0.1, 0.15) is 51.9 Å². The van der Waals surface area contributed by atoms with Crippen molar-refractivity contribution in [1.82, 2.24) is 0 Å². The average molecular weight is 294 g/mol. The molecule has 0 fully saturated rings. The van der Waals surface area contributed by atoms with E-state index in [1.807, 2.05) is 0 Å². The average Bonchev–Trinajstić information content (AvgIpc) is 2.41. The molecule has 0 aliphatic carbocycles. The van der Waals surface area contributed by atoms with Crippen molar-refractivity contribution in [2.75, 3.05) is 6.61 Å². The second-order valence-electron chi connectivity index (χ2n) is 4.16. The van der Waals surface area contributed by atoms with E-state index in [9.17, 15) is 14.7 Å². The van der Waals surface area contributed by atoms with Crippen molar-refractivity contribution in [2.24, 2.45) is 0 Å². The summed E-state index contributed by atoms with van der Waals surface area (Å²) in [7, 11) is 0. The van der Waals surface area contributed by atoms with Gasteiger partial charge in [-0.1, -0.05) is 45.4 Å². The molecular formula is C12H22O6S. The highest BCUT2D eigenvalue weighted by Gasteiger charge is 2.18. The summed E-state index contributed by atoms with van der Waals surface area (Å²) in [5.41, 5.74) is 0. The molecule has 0 saturated heterocycles. The maximum absolute atomic E-state index is 11.2. The zero-order valence-electron chi connectivity index (χ0n) is 11.2. The number of hydrogen-bond acceptors (Lipinski definition) is 7. The molecule has 0 aliphatic heterocycles. The zero-order valence-corrected chi connectivity index (χ0v) is 12.0. The second-order valence-corrected chi connectivity index (χ2v) is 4.63. The minimum absolute atomic E-state index is 0.154. The van der Waals surface area contributed by atoms with Gasteiger partial charge in [0.1, 0.15) is 6.61 Å². The molecule has 1 atom stereocenters. The van der Waals surface area contributed by atoms with Crippen molar-refractivity contribution in [3.8, 4) is 0 Å². The SMILES string of the molecule is CCCCCCCCC(O)C(=O)OSOC(=O)CO. The van der Waals surface area contributed by atoms with Crippen LogP contribution in [0, 0.1) is 0 Å². The molecule has 0 heterocycles. The lowest BCUT2D eigenvalue weighted by molar-refractivity contribution is -0.144. The van der Waals surface area contributed by atoms with Crippen LogP contribution < -0.4 is 0 Å². The van der Waals surface area contributed by atoms with Gasteiger partial charge in [-0.3, -0.25) is 0 Å². The highest BCUT2D eigenvalue weighted by atomic mass is 32.2. The first-order valence-corrected chi connectivity index (χ1v) is 7.15. The molecule has 0 aliphatic rings. The van der Waals surface area contributed by atoms with Gasteiger partial charge in [0.15, 0.2) is 6.10 Å². The van der Waals surface area contributed by atoms with Gasteiger partial charge in [0.05, 0.1) is 0 Å². The fourth-order valence-corrected chi connectivity index (χ4v) is 1.75. The van der Waals surface area contributed by atoms with Gasteiger partial charge in [0.2, 0.25) is 0 Å². The maximum atomic E-state index is 11.2. The number of rotatable bonds is 11. The van der Waals surface area contributed by atoms with E-state index < -0.39 is 24.6 Å². The molecule has 7 heteroatoms. The molecule has 0 radical (unpaired) electrons. The lowest BCUT2D eigenvalue weighted by atomic mass is 10.1. The predicted molar refractivity (Wildman–Crippen MR) is 70.9 cm³/mol. The summed E-state index contributed by atoms with van der Waals surface area (Å²) in [6.07, 6.45) is 5.50. The minimum atomic E-state index is -1.20. The zero-order chi connectivity index (χ0) is 14.5. The summed E-state index contributed by atoms with van der Waals surface area (Å²) in [4.78, 5) is 21.7. The summed E-state index contributed by atoms with van der Waals surface area (Å²) in [6, 6.07) is 0. The molecule has 0 aromatic rings. The summed E-state index contributed by atoms with van der Waals surface area (Å²) in [6.45, 7) is 1.35. The normalized spacial score (nSPS) is 11.9. The number of unbranched alkanes of at least 4 members (excludes halogenated alkanes) is 5.